The number of hydroxylamine groups is 2. The molecule has 5 nitrogen and oxygen atoms in total. The Kier molecular flexibility index (Phi) is 6.89. The molecule has 0 aliphatic carbocycles. The maximum atomic E-state index is 12.7. The molecule has 0 aliphatic rings. The van der Waals surface area contributed by atoms with Gasteiger partial charge in [0, 0.05) is 6.61 Å². The van der Waals surface area contributed by atoms with Gasteiger partial charge in [0.15, 0.2) is 8.32 Å². The fraction of sp³-hybridized carbons (Fsp3) is 0.588. The Hall–Kier alpha value is -1.58. The van der Waals surface area contributed by atoms with Crippen LogP contribution in [0.25, 0.3) is 0 Å². The number of hydrogen-bond acceptors (Lipinski definition) is 3. The van der Waals surface area contributed by atoms with Crippen LogP contribution in [0.1, 0.15) is 44.4 Å². The zero-order valence-corrected chi connectivity index (χ0v) is 16.6. The quantitative estimate of drug-likeness (QED) is 0.379. The van der Waals surface area contributed by atoms with E-state index < -0.39 is 32.2 Å². The molecule has 0 spiro atoms. The van der Waals surface area contributed by atoms with Crippen LogP contribution >= 0.6 is 0 Å². The second-order valence-electron chi connectivity index (χ2n) is 7.66. The van der Waals surface area contributed by atoms with Gasteiger partial charge in [0.2, 0.25) is 0 Å². The number of carbonyl (C=O) groups is 1. The molecule has 1 atom stereocenters. The van der Waals surface area contributed by atoms with E-state index in [0.717, 1.165) is 12.1 Å². The van der Waals surface area contributed by atoms with Crippen LogP contribution in [0, 0.1) is 0 Å². The highest BCUT2D eigenvalue weighted by Crippen LogP contribution is 2.37. The molecule has 1 aromatic carbocycles. The number of amides is 1. The van der Waals surface area contributed by atoms with Gasteiger partial charge >= 0.3 is 12.3 Å². The van der Waals surface area contributed by atoms with E-state index in [0.29, 0.717) is 0 Å². The summed E-state index contributed by atoms with van der Waals surface area (Å²) < 4.78 is 44.0. The van der Waals surface area contributed by atoms with Gasteiger partial charge in [-0.2, -0.15) is 18.2 Å². The maximum absolute atomic E-state index is 12.7. The molecule has 1 amide bonds. The number of hydrogen-bond donors (Lipinski definition) is 2. The van der Waals surface area contributed by atoms with Crippen molar-refractivity contribution in [3.63, 3.8) is 0 Å². The lowest BCUT2D eigenvalue weighted by atomic mass is 10.0. The average Bonchev–Trinajstić information content (AvgIpc) is 2.49. The highest BCUT2D eigenvalue weighted by Gasteiger charge is 2.37. The van der Waals surface area contributed by atoms with Gasteiger partial charge in [0.1, 0.15) is 0 Å². The minimum absolute atomic E-state index is 0.0391. The molecule has 148 valence electrons. The number of rotatable bonds is 6. The number of benzene rings is 1. The molecule has 0 radical (unpaired) electrons. The zero-order valence-electron chi connectivity index (χ0n) is 15.6. The zero-order chi connectivity index (χ0) is 20.3. The molecular formula is C17H26F3NO4Si. The first kappa shape index (κ1) is 22.5. The molecule has 0 bridgehead atoms. The lowest BCUT2D eigenvalue weighted by Crippen LogP contribution is -2.41. The molecule has 9 heteroatoms. The van der Waals surface area contributed by atoms with Gasteiger partial charge in [-0.3, -0.25) is 5.21 Å². The average molecular weight is 393 g/mol. The van der Waals surface area contributed by atoms with Crippen molar-refractivity contribution in [2.24, 2.45) is 0 Å². The summed E-state index contributed by atoms with van der Waals surface area (Å²) in [6.45, 7) is 10.4. The largest absolute Gasteiger partial charge is 0.463 e. The summed E-state index contributed by atoms with van der Waals surface area (Å²) in [7, 11) is -2.06. The van der Waals surface area contributed by atoms with Crippen molar-refractivity contribution in [2.45, 2.75) is 57.5 Å². The Morgan fingerprint density at radius 3 is 2.08 bits per heavy atom. The van der Waals surface area contributed by atoms with Gasteiger partial charge in [-0.15, -0.1) is 0 Å². The third-order valence-electron chi connectivity index (χ3n) is 4.77. The monoisotopic (exact) mass is 393 g/mol. The third kappa shape index (κ3) is 5.71. The highest BCUT2D eigenvalue weighted by molar-refractivity contribution is 6.74. The summed E-state index contributed by atoms with van der Waals surface area (Å²) in [5.74, 6) is 0. The Morgan fingerprint density at radius 1 is 1.19 bits per heavy atom. The minimum atomic E-state index is -4.48. The molecule has 0 saturated carbocycles. The molecule has 1 rings (SSSR count). The number of alkyl halides is 3. The Balaban J connectivity index is 2.95. The SMILES string of the molecule is CC(C)(C)[Si](C)(C)OCCC(c1ccc(C(F)(F)F)cc1)N(O)C(=O)O. The van der Waals surface area contributed by atoms with Crippen LogP contribution in [0.3, 0.4) is 0 Å². The standard InChI is InChI=1S/C17H26F3NO4Si/c1-16(2,3)26(4,5)25-11-10-14(21(24)15(22)23)12-6-8-13(9-7-12)17(18,19)20/h6-9,14,24H,10-11H2,1-5H3,(H,22,23). The number of carboxylic acid groups (broad SMARTS) is 1. The summed E-state index contributed by atoms with van der Waals surface area (Å²) in [6, 6.07) is 3.07. The highest BCUT2D eigenvalue weighted by atomic mass is 28.4. The molecule has 0 heterocycles. The fourth-order valence-electron chi connectivity index (χ4n) is 2.10. The summed E-state index contributed by atoms with van der Waals surface area (Å²) in [5.41, 5.74) is -0.570. The Morgan fingerprint density at radius 2 is 1.69 bits per heavy atom. The van der Waals surface area contributed by atoms with Crippen molar-refractivity contribution in [1.29, 1.82) is 0 Å². The molecular weight excluding hydrogens is 367 g/mol. The second kappa shape index (κ2) is 7.97. The van der Waals surface area contributed by atoms with E-state index in [-0.39, 0.29) is 28.7 Å². The molecule has 0 fully saturated rings. The van der Waals surface area contributed by atoms with Crippen LogP contribution in [0.2, 0.25) is 18.1 Å². The number of nitrogens with zero attached hydrogens (tertiary/aromatic N) is 1. The summed E-state index contributed by atoms with van der Waals surface area (Å²) in [5, 5.41) is 18.9. The Labute approximate surface area is 152 Å². The first-order valence-electron chi connectivity index (χ1n) is 8.19. The molecule has 0 aliphatic heterocycles. The summed E-state index contributed by atoms with van der Waals surface area (Å²) in [6.07, 6.45) is -5.94. The normalized spacial score (nSPS) is 14.2. The fourth-order valence-corrected chi connectivity index (χ4v) is 3.16. The van der Waals surface area contributed by atoms with Crippen molar-refractivity contribution in [3.8, 4) is 0 Å². The van der Waals surface area contributed by atoms with Gasteiger partial charge in [-0.05, 0) is 42.2 Å². The van der Waals surface area contributed by atoms with E-state index in [1.807, 2.05) is 13.1 Å². The molecule has 1 aromatic rings. The first-order chi connectivity index (χ1) is 11.7. The van der Waals surface area contributed by atoms with E-state index in [1.54, 1.807) is 0 Å². The lowest BCUT2D eigenvalue weighted by Gasteiger charge is -2.36. The van der Waals surface area contributed by atoms with Gasteiger partial charge < -0.3 is 9.53 Å². The van der Waals surface area contributed by atoms with E-state index in [2.05, 4.69) is 20.8 Å². The summed E-state index contributed by atoms with van der Waals surface area (Å²) >= 11 is 0. The molecule has 0 saturated heterocycles. The second-order valence-corrected chi connectivity index (χ2v) is 12.5. The van der Waals surface area contributed by atoms with Gasteiger partial charge in [-0.1, -0.05) is 32.9 Å². The van der Waals surface area contributed by atoms with Crippen molar-refractivity contribution in [1.82, 2.24) is 5.06 Å². The predicted molar refractivity (Wildman–Crippen MR) is 93.6 cm³/mol. The van der Waals surface area contributed by atoms with E-state index in [9.17, 15) is 23.2 Å². The van der Waals surface area contributed by atoms with Crippen molar-refractivity contribution in [3.05, 3.63) is 35.4 Å². The van der Waals surface area contributed by atoms with Gasteiger partial charge in [0.05, 0.1) is 11.6 Å². The van der Waals surface area contributed by atoms with Crippen LogP contribution in [0.5, 0.6) is 0 Å². The molecule has 26 heavy (non-hydrogen) atoms. The number of halogens is 3. The molecule has 0 aromatic heterocycles. The maximum Gasteiger partial charge on any atom is 0.431 e. The topological polar surface area (TPSA) is 70.0 Å². The summed E-state index contributed by atoms with van der Waals surface area (Å²) in [4.78, 5) is 11.1. The third-order valence-corrected chi connectivity index (χ3v) is 9.31. The predicted octanol–water partition coefficient (Wildman–Crippen LogP) is 5.53. The van der Waals surface area contributed by atoms with Crippen LogP contribution in [0.4, 0.5) is 18.0 Å². The van der Waals surface area contributed by atoms with Crippen molar-refractivity contribution in [2.75, 3.05) is 6.61 Å². The van der Waals surface area contributed by atoms with Crippen LogP contribution in [-0.4, -0.2) is 36.4 Å². The van der Waals surface area contributed by atoms with E-state index >= 15 is 0 Å². The van der Waals surface area contributed by atoms with Crippen molar-refractivity contribution < 1.29 is 32.7 Å². The van der Waals surface area contributed by atoms with Crippen LogP contribution in [-0.2, 0) is 10.6 Å². The Bertz CT molecular complexity index is 612. The molecule has 1 unspecified atom stereocenters. The van der Waals surface area contributed by atoms with Gasteiger partial charge in [-0.25, -0.2) is 4.79 Å². The minimum Gasteiger partial charge on any atom is -0.463 e. The van der Waals surface area contributed by atoms with E-state index in [4.69, 9.17) is 9.53 Å². The molecule has 2 N–H and O–H groups in total. The lowest BCUT2D eigenvalue weighted by molar-refractivity contribution is -0.137. The van der Waals surface area contributed by atoms with Crippen molar-refractivity contribution >= 4 is 14.4 Å². The van der Waals surface area contributed by atoms with E-state index in [1.165, 1.54) is 12.1 Å². The smallest absolute Gasteiger partial charge is 0.431 e. The van der Waals surface area contributed by atoms with Crippen LogP contribution in [0.15, 0.2) is 24.3 Å². The first-order valence-corrected chi connectivity index (χ1v) is 11.1. The van der Waals surface area contributed by atoms with Gasteiger partial charge in [0.25, 0.3) is 0 Å². The van der Waals surface area contributed by atoms with Crippen LogP contribution < -0.4 is 0 Å².